The van der Waals surface area contributed by atoms with E-state index in [1.54, 1.807) is 6.92 Å². The van der Waals surface area contributed by atoms with Crippen LogP contribution in [0.5, 0.6) is 5.75 Å². The lowest BCUT2D eigenvalue weighted by Crippen LogP contribution is -2.08. The second-order valence-corrected chi connectivity index (χ2v) is 3.36. The van der Waals surface area contributed by atoms with E-state index in [2.05, 4.69) is 0 Å². The van der Waals surface area contributed by atoms with Gasteiger partial charge in [-0.2, -0.15) is 0 Å². The van der Waals surface area contributed by atoms with E-state index >= 15 is 0 Å². The summed E-state index contributed by atoms with van der Waals surface area (Å²) in [5.74, 6) is -0.0948. The molecule has 0 aliphatic rings. The highest BCUT2D eigenvalue weighted by atomic mass is 16.5. The standard InChI is InChI=1S/C12H16O5/c1-3-17-12(15)8-4-9(6-13)11(16-2)10(5-8)7-14/h4-5,13-14H,3,6-7H2,1-2H3. The second kappa shape index (κ2) is 6.22. The molecule has 5 nitrogen and oxygen atoms in total. The van der Waals surface area contributed by atoms with Crippen molar-refractivity contribution in [3.05, 3.63) is 28.8 Å². The van der Waals surface area contributed by atoms with Crippen LogP contribution in [0.2, 0.25) is 0 Å². The van der Waals surface area contributed by atoms with Gasteiger partial charge in [-0.3, -0.25) is 0 Å². The van der Waals surface area contributed by atoms with Crippen molar-refractivity contribution in [1.29, 1.82) is 0 Å². The Morgan fingerprint density at radius 1 is 1.24 bits per heavy atom. The van der Waals surface area contributed by atoms with Crippen LogP contribution in [0.3, 0.4) is 0 Å². The van der Waals surface area contributed by atoms with Gasteiger partial charge in [0.05, 0.1) is 32.5 Å². The summed E-state index contributed by atoms with van der Waals surface area (Å²) < 4.78 is 9.94. The Bertz CT molecular complexity index is 375. The number of esters is 1. The summed E-state index contributed by atoms with van der Waals surface area (Å²) in [7, 11) is 1.44. The highest BCUT2D eigenvalue weighted by molar-refractivity contribution is 5.90. The van der Waals surface area contributed by atoms with Crippen LogP contribution in [0.25, 0.3) is 0 Å². The topological polar surface area (TPSA) is 76.0 Å². The zero-order chi connectivity index (χ0) is 12.8. The molecule has 0 aliphatic carbocycles. The third-order valence-electron chi connectivity index (χ3n) is 2.30. The van der Waals surface area contributed by atoms with Gasteiger partial charge in [0.25, 0.3) is 0 Å². The Kier molecular flexibility index (Phi) is 4.93. The van der Waals surface area contributed by atoms with Gasteiger partial charge < -0.3 is 19.7 Å². The number of ether oxygens (including phenoxy) is 2. The highest BCUT2D eigenvalue weighted by Crippen LogP contribution is 2.26. The van der Waals surface area contributed by atoms with E-state index in [4.69, 9.17) is 9.47 Å². The normalized spacial score (nSPS) is 10.1. The van der Waals surface area contributed by atoms with Gasteiger partial charge in [-0.05, 0) is 19.1 Å². The number of carbonyl (C=O) groups is 1. The molecule has 0 saturated heterocycles. The summed E-state index contributed by atoms with van der Waals surface area (Å²) in [5.41, 5.74) is 1.19. The monoisotopic (exact) mass is 240 g/mol. The van der Waals surface area contributed by atoms with Crippen LogP contribution < -0.4 is 4.74 Å². The SMILES string of the molecule is CCOC(=O)c1cc(CO)c(OC)c(CO)c1. The van der Waals surface area contributed by atoms with Gasteiger partial charge in [-0.25, -0.2) is 4.79 Å². The van der Waals surface area contributed by atoms with E-state index < -0.39 is 5.97 Å². The molecule has 1 rings (SSSR count). The first kappa shape index (κ1) is 13.5. The smallest absolute Gasteiger partial charge is 0.338 e. The Labute approximate surface area is 99.6 Å². The molecular formula is C12H16O5. The minimum absolute atomic E-state index is 0.272. The van der Waals surface area contributed by atoms with Crippen molar-refractivity contribution < 1.29 is 24.5 Å². The third kappa shape index (κ3) is 2.95. The first-order valence-electron chi connectivity index (χ1n) is 5.26. The molecule has 0 unspecified atom stereocenters. The fraction of sp³-hybridized carbons (Fsp3) is 0.417. The number of benzene rings is 1. The molecule has 94 valence electrons. The van der Waals surface area contributed by atoms with Crippen LogP contribution >= 0.6 is 0 Å². The lowest BCUT2D eigenvalue weighted by atomic mass is 10.0. The van der Waals surface area contributed by atoms with Gasteiger partial charge >= 0.3 is 5.97 Å². The minimum Gasteiger partial charge on any atom is -0.496 e. The fourth-order valence-electron chi connectivity index (χ4n) is 1.58. The van der Waals surface area contributed by atoms with Crippen molar-refractivity contribution in [2.45, 2.75) is 20.1 Å². The molecule has 0 heterocycles. The summed E-state index contributed by atoms with van der Waals surface area (Å²) in [4.78, 5) is 11.6. The van der Waals surface area contributed by atoms with E-state index in [0.717, 1.165) is 0 Å². The summed E-state index contributed by atoms with van der Waals surface area (Å²) >= 11 is 0. The molecule has 0 fully saturated rings. The molecule has 0 bridgehead atoms. The van der Waals surface area contributed by atoms with Gasteiger partial charge in [0.1, 0.15) is 5.75 Å². The zero-order valence-electron chi connectivity index (χ0n) is 9.90. The lowest BCUT2D eigenvalue weighted by molar-refractivity contribution is 0.0526. The Morgan fingerprint density at radius 3 is 2.12 bits per heavy atom. The van der Waals surface area contributed by atoms with E-state index in [1.807, 2.05) is 0 Å². The number of aliphatic hydroxyl groups is 2. The first-order valence-corrected chi connectivity index (χ1v) is 5.26. The van der Waals surface area contributed by atoms with E-state index in [1.165, 1.54) is 19.2 Å². The summed E-state index contributed by atoms with van der Waals surface area (Å²) in [6, 6.07) is 2.99. The average Bonchev–Trinajstić information content (AvgIpc) is 2.37. The molecule has 17 heavy (non-hydrogen) atoms. The maximum Gasteiger partial charge on any atom is 0.338 e. The molecule has 0 atom stereocenters. The van der Waals surface area contributed by atoms with Gasteiger partial charge in [-0.1, -0.05) is 0 Å². The number of hydrogen-bond acceptors (Lipinski definition) is 5. The predicted molar refractivity (Wildman–Crippen MR) is 60.8 cm³/mol. The molecule has 1 aromatic rings. The number of aliphatic hydroxyl groups excluding tert-OH is 2. The maximum absolute atomic E-state index is 11.6. The van der Waals surface area contributed by atoms with Crippen LogP contribution in [0.15, 0.2) is 12.1 Å². The van der Waals surface area contributed by atoms with Crippen LogP contribution in [0.1, 0.15) is 28.4 Å². The maximum atomic E-state index is 11.6. The molecular weight excluding hydrogens is 224 g/mol. The molecule has 5 heteroatoms. The molecule has 0 aromatic heterocycles. The van der Waals surface area contributed by atoms with E-state index in [0.29, 0.717) is 22.4 Å². The van der Waals surface area contributed by atoms with Crippen LogP contribution in [-0.4, -0.2) is 29.9 Å². The van der Waals surface area contributed by atoms with Gasteiger partial charge in [0, 0.05) is 11.1 Å². The summed E-state index contributed by atoms with van der Waals surface area (Å²) in [5, 5.41) is 18.4. The fourth-order valence-corrected chi connectivity index (χ4v) is 1.58. The Morgan fingerprint density at radius 2 is 1.76 bits per heavy atom. The van der Waals surface area contributed by atoms with Crippen molar-refractivity contribution in [1.82, 2.24) is 0 Å². The summed E-state index contributed by atoms with van der Waals surface area (Å²) in [6.45, 7) is 1.43. The number of methoxy groups -OCH3 is 1. The zero-order valence-corrected chi connectivity index (χ0v) is 9.90. The summed E-state index contributed by atoms with van der Waals surface area (Å²) in [6.07, 6.45) is 0. The number of hydrogen-bond donors (Lipinski definition) is 2. The molecule has 0 spiro atoms. The average molecular weight is 240 g/mol. The van der Waals surface area contributed by atoms with Crippen molar-refractivity contribution in [3.8, 4) is 5.75 Å². The predicted octanol–water partition coefficient (Wildman–Crippen LogP) is 0.857. The van der Waals surface area contributed by atoms with Gasteiger partial charge in [0.15, 0.2) is 0 Å². The molecule has 1 aromatic carbocycles. The number of carbonyl (C=O) groups excluding carboxylic acids is 1. The Hall–Kier alpha value is -1.59. The van der Waals surface area contributed by atoms with E-state index in [-0.39, 0.29) is 19.8 Å². The van der Waals surface area contributed by atoms with Gasteiger partial charge in [-0.15, -0.1) is 0 Å². The first-order chi connectivity index (χ1) is 8.17. The van der Waals surface area contributed by atoms with Crippen molar-refractivity contribution in [2.24, 2.45) is 0 Å². The highest BCUT2D eigenvalue weighted by Gasteiger charge is 2.15. The van der Waals surface area contributed by atoms with Crippen molar-refractivity contribution in [3.63, 3.8) is 0 Å². The minimum atomic E-state index is -0.487. The number of rotatable bonds is 5. The largest absolute Gasteiger partial charge is 0.496 e. The third-order valence-corrected chi connectivity index (χ3v) is 2.30. The molecule has 0 aliphatic heterocycles. The molecule has 2 N–H and O–H groups in total. The van der Waals surface area contributed by atoms with Crippen LogP contribution in [-0.2, 0) is 18.0 Å². The van der Waals surface area contributed by atoms with E-state index in [9.17, 15) is 15.0 Å². The molecule has 0 radical (unpaired) electrons. The Balaban J connectivity index is 3.22. The van der Waals surface area contributed by atoms with Crippen LogP contribution in [0.4, 0.5) is 0 Å². The van der Waals surface area contributed by atoms with Crippen molar-refractivity contribution >= 4 is 5.97 Å². The quantitative estimate of drug-likeness (QED) is 0.746. The second-order valence-electron chi connectivity index (χ2n) is 3.36. The molecule has 0 saturated carbocycles. The van der Waals surface area contributed by atoms with Gasteiger partial charge in [0.2, 0.25) is 0 Å². The molecule has 0 amide bonds. The van der Waals surface area contributed by atoms with Crippen LogP contribution in [0, 0.1) is 0 Å². The lowest BCUT2D eigenvalue weighted by Gasteiger charge is -2.13. The van der Waals surface area contributed by atoms with Crippen molar-refractivity contribution in [2.75, 3.05) is 13.7 Å².